The Labute approximate surface area is 196 Å². The molecule has 0 spiro atoms. The van der Waals surface area contributed by atoms with Gasteiger partial charge in [0.1, 0.15) is 12.1 Å². The van der Waals surface area contributed by atoms with Crippen LogP contribution in [0.1, 0.15) is 30.8 Å². The second-order valence-corrected chi connectivity index (χ2v) is 8.54. The van der Waals surface area contributed by atoms with Gasteiger partial charge in [-0.15, -0.1) is 0 Å². The summed E-state index contributed by atoms with van der Waals surface area (Å²) in [4.78, 5) is 35.2. The molecule has 174 valence electrons. The number of nitrogens with zero attached hydrogens (tertiary/aromatic N) is 6. The fourth-order valence-electron chi connectivity index (χ4n) is 4.27. The number of hydrogen-bond donors (Lipinski definition) is 1. The topological polar surface area (TPSA) is 107 Å². The van der Waals surface area contributed by atoms with Crippen molar-refractivity contribution in [2.75, 3.05) is 5.32 Å². The van der Waals surface area contributed by atoms with E-state index in [-0.39, 0.29) is 18.0 Å². The Balaban J connectivity index is 1.38. The molecule has 0 saturated heterocycles. The predicted octanol–water partition coefficient (Wildman–Crippen LogP) is 3.64. The summed E-state index contributed by atoms with van der Waals surface area (Å²) >= 11 is 0. The van der Waals surface area contributed by atoms with Gasteiger partial charge in [0.2, 0.25) is 11.8 Å². The molecule has 34 heavy (non-hydrogen) atoms. The van der Waals surface area contributed by atoms with Crippen LogP contribution in [0, 0.1) is 6.92 Å². The Morgan fingerprint density at radius 2 is 2.00 bits per heavy atom. The third-order valence-corrected chi connectivity index (χ3v) is 6.20. The van der Waals surface area contributed by atoms with Crippen LogP contribution in [0.15, 0.2) is 42.9 Å². The van der Waals surface area contributed by atoms with E-state index < -0.39 is 0 Å². The van der Waals surface area contributed by atoms with Crippen LogP contribution in [0.5, 0.6) is 11.6 Å². The molecule has 5 rings (SSSR count). The van der Waals surface area contributed by atoms with Crippen LogP contribution in [0.25, 0.3) is 10.9 Å². The van der Waals surface area contributed by atoms with Crippen molar-refractivity contribution in [3.05, 3.63) is 59.8 Å². The van der Waals surface area contributed by atoms with E-state index in [9.17, 15) is 9.59 Å². The number of amides is 2. The molecular formula is C24H25N7O3. The Morgan fingerprint density at radius 1 is 1.18 bits per heavy atom. The van der Waals surface area contributed by atoms with Crippen molar-refractivity contribution in [3.8, 4) is 11.6 Å². The highest BCUT2D eigenvalue weighted by Crippen LogP contribution is 2.32. The lowest BCUT2D eigenvalue weighted by molar-refractivity contribution is -0.132. The number of hydrogen-bond acceptors (Lipinski definition) is 6. The Morgan fingerprint density at radius 3 is 2.74 bits per heavy atom. The summed E-state index contributed by atoms with van der Waals surface area (Å²) in [5.41, 5.74) is 3.40. The molecule has 0 saturated carbocycles. The van der Waals surface area contributed by atoms with Gasteiger partial charge in [0, 0.05) is 48.9 Å². The van der Waals surface area contributed by atoms with E-state index in [4.69, 9.17) is 4.74 Å². The zero-order valence-electron chi connectivity index (χ0n) is 19.4. The van der Waals surface area contributed by atoms with E-state index in [1.807, 2.05) is 45.2 Å². The van der Waals surface area contributed by atoms with Gasteiger partial charge in [0.15, 0.2) is 5.82 Å². The van der Waals surface area contributed by atoms with Crippen molar-refractivity contribution < 1.29 is 14.3 Å². The highest BCUT2D eigenvalue weighted by atomic mass is 16.5. The molecule has 10 nitrogen and oxygen atoms in total. The third kappa shape index (κ3) is 3.87. The van der Waals surface area contributed by atoms with Crippen LogP contribution in [0.3, 0.4) is 0 Å². The standard InChI is InChI=1S/C24H25N7O3/c1-14-10-22(28-29(14)4)27-24(33)30-8-7-17-11-18(5-6-21(17)30)34-23-19-9-15(2)31(16(3)32)12-20(19)25-13-26-23/h5-8,10-11,13,15H,9,12H2,1-4H3,(H,27,28,33). The van der Waals surface area contributed by atoms with E-state index in [1.165, 1.54) is 10.9 Å². The van der Waals surface area contributed by atoms with Crippen molar-refractivity contribution in [1.29, 1.82) is 0 Å². The maximum atomic E-state index is 12.8. The monoisotopic (exact) mass is 459 g/mol. The summed E-state index contributed by atoms with van der Waals surface area (Å²) in [6, 6.07) is 8.92. The summed E-state index contributed by atoms with van der Waals surface area (Å²) in [6.45, 7) is 5.94. The molecule has 0 radical (unpaired) electrons. The first-order valence-corrected chi connectivity index (χ1v) is 11.0. The molecule has 3 aromatic heterocycles. The number of nitrogens with one attached hydrogen (secondary N) is 1. The lowest BCUT2D eigenvalue weighted by Crippen LogP contribution is -2.41. The number of carbonyl (C=O) groups excluding carboxylic acids is 2. The van der Waals surface area contributed by atoms with Crippen molar-refractivity contribution in [3.63, 3.8) is 0 Å². The van der Waals surface area contributed by atoms with Gasteiger partial charge in [-0.25, -0.2) is 14.8 Å². The minimum Gasteiger partial charge on any atom is -0.439 e. The third-order valence-electron chi connectivity index (χ3n) is 6.20. The Kier molecular flexibility index (Phi) is 5.27. The lowest BCUT2D eigenvalue weighted by Gasteiger charge is -2.33. The first kappa shape index (κ1) is 21.6. The molecule has 10 heteroatoms. The summed E-state index contributed by atoms with van der Waals surface area (Å²) in [7, 11) is 1.83. The molecule has 1 N–H and O–H groups in total. The molecule has 0 bridgehead atoms. The van der Waals surface area contributed by atoms with Gasteiger partial charge in [0.05, 0.1) is 17.8 Å². The molecule has 2 amide bonds. The minimum atomic E-state index is -0.296. The van der Waals surface area contributed by atoms with Crippen LogP contribution < -0.4 is 10.1 Å². The SMILES string of the molecule is CC(=O)N1Cc2ncnc(Oc3ccc4c(ccn4C(=O)Nc4cc(C)n(C)n4)c3)c2CC1C. The summed E-state index contributed by atoms with van der Waals surface area (Å²) in [5.74, 6) is 1.62. The summed E-state index contributed by atoms with van der Waals surface area (Å²) in [5, 5.41) is 7.94. The number of rotatable bonds is 3. The first-order chi connectivity index (χ1) is 16.3. The number of aryl methyl sites for hydroxylation is 2. The van der Waals surface area contributed by atoms with Gasteiger partial charge in [-0.2, -0.15) is 5.10 Å². The average molecular weight is 460 g/mol. The number of fused-ring (bicyclic) bond motifs is 2. The molecule has 4 aromatic rings. The van der Waals surface area contributed by atoms with Crippen molar-refractivity contribution in [2.24, 2.45) is 7.05 Å². The van der Waals surface area contributed by atoms with Crippen molar-refractivity contribution in [2.45, 2.75) is 39.8 Å². The smallest absolute Gasteiger partial charge is 0.331 e. The summed E-state index contributed by atoms with van der Waals surface area (Å²) in [6.07, 6.45) is 3.79. The van der Waals surface area contributed by atoms with E-state index in [1.54, 1.807) is 28.8 Å². The second kappa shape index (κ2) is 8.29. The number of carbonyl (C=O) groups is 2. The number of benzene rings is 1. The molecule has 0 fully saturated rings. The molecule has 1 atom stereocenters. The van der Waals surface area contributed by atoms with Crippen LogP contribution in [-0.4, -0.2) is 47.2 Å². The minimum absolute atomic E-state index is 0.0245. The van der Waals surface area contributed by atoms with Gasteiger partial charge in [-0.1, -0.05) is 0 Å². The zero-order valence-corrected chi connectivity index (χ0v) is 19.4. The van der Waals surface area contributed by atoms with E-state index in [2.05, 4.69) is 20.4 Å². The Hall–Kier alpha value is -4.21. The average Bonchev–Trinajstić information content (AvgIpc) is 3.35. The molecule has 1 aliphatic heterocycles. The highest BCUT2D eigenvalue weighted by molar-refractivity contribution is 5.98. The van der Waals surface area contributed by atoms with Crippen LogP contribution in [0.4, 0.5) is 10.6 Å². The summed E-state index contributed by atoms with van der Waals surface area (Å²) < 4.78 is 9.37. The van der Waals surface area contributed by atoms with Gasteiger partial charge >= 0.3 is 6.03 Å². The number of anilines is 1. The molecular weight excluding hydrogens is 434 g/mol. The molecule has 1 unspecified atom stereocenters. The van der Waals surface area contributed by atoms with Gasteiger partial charge < -0.3 is 9.64 Å². The van der Waals surface area contributed by atoms with E-state index >= 15 is 0 Å². The van der Waals surface area contributed by atoms with Crippen LogP contribution in [0.2, 0.25) is 0 Å². The number of aromatic nitrogens is 5. The normalized spacial score (nSPS) is 15.3. The number of ether oxygens (including phenoxy) is 1. The maximum absolute atomic E-state index is 12.8. The van der Waals surface area contributed by atoms with E-state index in [0.29, 0.717) is 30.4 Å². The van der Waals surface area contributed by atoms with Gasteiger partial charge in [-0.3, -0.25) is 19.4 Å². The van der Waals surface area contributed by atoms with Gasteiger partial charge in [-0.05, 0) is 44.5 Å². The fourth-order valence-corrected chi connectivity index (χ4v) is 4.27. The first-order valence-electron chi connectivity index (χ1n) is 11.0. The van der Waals surface area contributed by atoms with Crippen molar-refractivity contribution >= 4 is 28.7 Å². The predicted molar refractivity (Wildman–Crippen MR) is 126 cm³/mol. The molecule has 0 aliphatic carbocycles. The van der Waals surface area contributed by atoms with Crippen LogP contribution >= 0.6 is 0 Å². The van der Waals surface area contributed by atoms with Crippen LogP contribution in [-0.2, 0) is 24.8 Å². The van der Waals surface area contributed by atoms with Crippen molar-refractivity contribution in [1.82, 2.24) is 29.2 Å². The quantitative estimate of drug-likeness (QED) is 0.501. The fraction of sp³-hybridized carbons (Fsp3) is 0.292. The lowest BCUT2D eigenvalue weighted by atomic mass is 9.99. The van der Waals surface area contributed by atoms with E-state index in [0.717, 1.165) is 27.9 Å². The molecule has 1 aromatic carbocycles. The second-order valence-electron chi connectivity index (χ2n) is 8.54. The Bertz CT molecular complexity index is 1400. The largest absolute Gasteiger partial charge is 0.439 e. The molecule has 1 aliphatic rings. The molecule has 4 heterocycles. The zero-order chi connectivity index (χ0) is 24.0. The van der Waals surface area contributed by atoms with Gasteiger partial charge in [0.25, 0.3) is 0 Å². The maximum Gasteiger partial charge on any atom is 0.331 e. The highest BCUT2D eigenvalue weighted by Gasteiger charge is 2.28.